The van der Waals surface area contributed by atoms with Crippen LogP contribution in [0.2, 0.25) is 0 Å². The average molecular weight is 252 g/mol. The number of hydrogen-bond acceptors (Lipinski definition) is 0. The standard InChI is InChI=1S/C18H36/c1-4-6-8-10-11-13-15-17-18(3)16-14-12-9-7-5-2/h12,14,18H,4-11,13,15-17H2,1-3H3/b14-12+. The lowest BCUT2D eigenvalue weighted by molar-refractivity contribution is 0.485. The van der Waals surface area contributed by atoms with Crippen LogP contribution in [0.25, 0.3) is 0 Å². The van der Waals surface area contributed by atoms with Crippen molar-refractivity contribution in [3.63, 3.8) is 0 Å². The molecular formula is C18H36. The van der Waals surface area contributed by atoms with Gasteiger partial charge in [0, 0.05) is 0 Å². The predicted octanol–water partition coefficient (Wildman–Crippen LogP) is 6.90. The SMILES string of the molecule is CCCC/C=C/CC(C)CCCCCCCCC. The molecule has 0 saturated carbocycles. The monoisotopic (exact) mass is 252 g/mol. The third-order valence-electron chi connectivity index (χ3n) is 3.73. The van der Waals surface area contributed by atoms with E-state index >= 15 is 0 Å². The van der Waals surface area contributed by atoms with Crippen LogP contribution in [0.4, 0.5) is 0 Å². The van der Waals surface area contributed by atoms with Gasteiger partial charge in [-0.25, -0.2) is 0 Å². The number of allylic oxidation sites excluding steroid dienone is 2. The summed E-state index contributed by atoms with van der Waals surface area (Å²) >= 11 is 0. The molecule has 0 aliphatic carbocycles. The molecule has 0 bridgehead atoms. The molecule has 0 nitrogen and oxygen atoms in total. The van der Waals surface area contributed by atoms with Gasteiger partial charge in [0.15, 0.2) is 0 Å². The van der Waals surface area contributed by atoms with E-state index in [1.807, 2.05) is 0 Å². The van der Waals surface area contributed by atoms with Gasteiger partial charge in [-0.15, -0.1) is 0 Å². The lowest BCUT2D eigenvalue weighted by Crippen LogP contribution is -1.92. The lowest BCUT2D eigenvalue weighted by Gasteiger charge is -2.08. The third kappa shape index (κ3) is 13.8. The second-order valence-corrected chi connectivity index (χ2v) is 5.86. The topological polar surface area (TPSA) is 0 Å². The molecule has 0 spiro atoms. The molecule has 0 rings (SSSR count). The largest absolute Gasteiger partial charge is 0.0885 e. The Labute approximate surface area is 116 Å². The van der Waals surface area contributed by atoms with Crippen LogP contribution in [0.3, 0.4) is 0 Å². The number of unbranched alkanes of at least 4 members (excludes halogenated alkanes) is 8. The summed E-state index contributed by atoms with van der Waals surface area (Å²) in [6.45, 7) is 6.95. The minimum absolute atomic E-state index is 0.888. The number of rotatable bonds is 13. The Morgan fingerprint density at radius 2 is 1.33 bits per heavy atom. The first kappa shape index (κ1) is 17.7. The first-order valence-corrected chi connectivity index (χ1v) is 8.46. The molecule has 0 aliphatic rings. The number of hydrogen-bond donors (Lipinski definition) is 0. The van der Waals surface area contributed by atoms with Gasteiger partial charge in [0.05, 0.1) is 0 Å². The highest BCUT2D eigenvalue weighted by atomic mass is 14.0. The van der Waals surface area contributed by atoms with E-state index in [9.17, 15) is 0 Å². The van der Waals surface area contributed by atoms with E-state index in [1.165, 1.54) is 77.0 Å². The van der Waals surface area contributed by atoms with Crippen LogP contribution >= 0.6 is 0 Å². The van der Waals surface area contributed by atoms with Crippen LogP contribution in [-0.2, 0) is 0 Å². The minimum atomic E-state index is 0.888. The summed E-state index contributed by atoms with van der Waals surface area (Å²) in [7, 11) is 0. The van der Waals surface area contributed by atoms with Crippen LogP contribution in [0.5, 0.6) is 0 Å². The van der Waals surface area contributed by atoms with Gasteiger partial charge in [0.1, 0.15) is 0 Å². The van der Waals surface area contributed by atoms with Crippen molar-refractivity contribution in [1.29, 1.82) is 0 Å². The van der Waals surface area contributed by atoms with Crippen molar-refractivity contribution < 1.29 is 0 Å². The molecule has 0 N–H and O–H groups in total. The fourth-order valence-electron chi connectivity index (χ4n) is 2.34. The highest BCUT2D eigenvalue weighted by molar-refractivity contribution is 4.82. The molecule has 0 aromatic heterocycles. The Morgan fingerprint density at radius 1 is 0.722 bits per heavy atom. The van der Waals surface area contributed by atoms with Gasteiger partial charge in [-0.1, -0.05) is 97.1 Å². The molecule has 0 radical (unpaired) electrons. The van der Waals surface area contributed by atoms with Crippen molar-refractivity contribution in [2.24, 2.45) is 5.92 Å². The summed E-state index contributed by atoms with van der Waals surface area (Å²) in [6.07, 6.45) is 21.5. The van der Waals surface area contributed by atoms with Crippen molar-refractivity contribution in [1.82, 2.24) is 0 Å². The molecule has 0 fully saturated rings. The maximum Gasteiger partial charge on any atom is -0.0325 e. The van der Waals surface area contributed by atoms with Gasteiger partial charge < -0.3 is 0 Å². The molecule has 0 saturated heterocycles. The van der Waals surface area contributed by atoms with Crippen LogP contribution in [-0.4, -0.2) is 0 Å². The van der Waals surface area contributed by atoms with Crippen molar-refractivity contribution in [2.45, 2.75) is 97.8 Å². The summed E-state index contributed by atoms with van der Waals surface area (Å²) in [5.41, 5.74) is 0. The predicted molar refractivity (Wildman–Crippen MR) is 85.1 cm³/mol. The maximum absolute atomic E-state index is 2.40. The van der Waals surface area contributed by atoms with E-state index in [0.29, 0.717) is 0 Å². The van der Waals surface area contributed by atoms with Gasteiger partial charge in [0.2, 0.25) is 0 Å². The Bertz CT molecular complexity index is 169. The molecule has 0 amide bonds. The molecular weight excluding hydrogens is 216 g/mol. The second kappa shape index (κ2) is 14.8. The Kier molecular flexibility index (Phi) is 14.6. The zero-order valence-corrected chi connectivity index (χ0v) is 13.2. The Balaban J connectivity index is 3.21. The fraction of sp³-hybridized carbons (Fsp3) is 0.889. The van der Waals surface area contributed by atoms with Crippen LogP contribution in [0.15, 0.2) is 12.2 Å². The molecule has 18 heavy (non-hydrogen) atoms. The zero-order valence-electron chi connectivity index (χ0n) is 13.2. The lowest BCUT2D eigenvalue weighted by atomic mass is 9.98. The average Bonchev–Trinajstić information content (AvgIpc) is 2.37. The molecule has 0 heterocycles. The van der Waals surface area contributed by atoms with E-state index < -0.39 is 0 Å². The molecule has 0 aliphatic heterocycles. The highest BCUT2D eigenvalue weighted by Gasteiger charge is 1.99. The van der Waals surface area contributed by atoms with Crippen molar-refractivity contribution in [3.8, 4) is 0 Å². The van der Waals surface area contributed by atoms with Gasteiger partial charge in [-0.3, -0.25) is 0 Å². The first-order valence-electron chi connectivity index (χ1n) is 8.46. The molecule has 0 heteroatoms. The van der Waals surface area contributed by atoms with E-state index in [1.54, 1.807) is 0 Å². The molecule has 1 atom stereocenters. The van der Waals surface area contributed by atoms with Gasteiger partial charge >= 0.3 is 0 Å². The molecule has 1 unspecified atom stereocenters. The van der Waals surface area contributed by atoms with E-state index in [4.69, 9.17) is 0 Å². The van der Waals surface area contributed by atoms with E-state index in [2.05, 4.69) is 32.9 Å². The van der Waals surface area contributed by atoms with Crippen LogP contribution in [0.1, 0.15) is 97.8 Å². The van der Waals surface area contributed by atoms with Gasteiger partial charge in [-0.2, -0.15) is 0 Å². The summed E-state index contributed by atoms with van der Waals surface area (Å²) < 4.78 is 0. The van der Waals surface area contributed by atoms with Gasteiger partial charge in [0.25, 0.3) is 0 Å². The van der Waals surface area contributed by atoms with E-state index in [0.717, 1.165) is 5.92 Å². The Hall–Kier alpha value is -0.260. The summed E-state index contributed by atoms with van der Waals surface area (Å²) in [5, 5.41) is 0. The molecule has 0 aromatic rings. The first-order chi connectivity index (χ1) is 8.81. The minimum Gasteiger partial charge on any atom is -0.0885 e. The smallest absolute Gasteiger partial charge is 0.0325 e. The van der Waals surface area contributed by atoms with Crippen LogP contribution in [0, 0.1) is 5.92 Å². The van der Waals surface area contributed by atoms with Gasteiger partial charge in [-0.05, 0) is 18.8 Å². The summed E-state index contributed by atoms with van der Waals surface area (Å²) in [6, 6.07) is 0. The Morgan fingerprint density at radius 3 is 2.00 bits per heavy atom. The van der Waals surface area contributed by atoms with Crippen molar-refractivity contribution in [3.05, 3.63) is 12.2 Å². The quantitative estimate of drug-likeness (QED) is 0.247. The normalized spacial score (nSPS) is 13.3. The fourth-order valence-corrected chi connectivity index (χ4v) is 2.34. The molecule has 108 valence electrons. The maximum atomic E-state index is 2.40. The van der Waals surface area contributed by atoms with E-state index in [-0.39, 0.29) is 0 Å². The summed E-state index contributed by atoms with van der Waals surface area (Å²) in [5.74, 6) is 0.888. The second-order valence-electron chi connectivity index (χ2n) is 5.86. The van der Waals surface area contributed by atoms with Crippen molar-refractivity contribution >= 4 is 0 Å². The van der Waals surface area contributed by atoms with Crippen LogP contribution < -0.4 is 0 Å². The molecule has 0 aromatic carbocycles. The van der Waals surface area contributed by atoms with Crippen molar-refractivity contribution in [2.75, 3.05) is 0 Å². The zero-order chi connectivity index (χ0) is 13.5. The highest BCUT2D eigenvalue weighted by Crippen LogP contribution is 2.15. The summed E-state index contributed by atoms with van der Waals surface area (Å²) in [4.78, 5) is 0. The third-order valence-corrected chi connectivity index (χ3v) is 3.73.